The van der Waals surface area contributed by atoms with Crippen molar-refractivity contribution in [2.45, 2.75) is 13.1 Å². The summed E-state index contributed by atoms with van der Waals surface area (Å²) in [6, 6.07) is 5.02. The minimum atomic E-state index is -4.47. The molecule has 0 unspecified atom stereocenters. The van der Waals surface area contributed by atoms with E-state index in [2.05, 4.69) is 15.3 Å². The highest BCUT2D eigenvalue weighted by atomic mass is 19.4. The molecule has 0 atom stereocenters. The first kappa shape index (κ1) is 18.2. The lowest BCUT2D eigenvalue weighted by Gasteiger charge is -2.30. The topological polar surface area (TPSA) is 59.5 Å². The molecule has 1 N–H and O–H groups in total. The summed E-state index contributed by atoms with van der Waals surface area (Å²) < 4.78 is 50.1. The second-order valence-electron chi connectivity index (χ2n) is 5.85. The molecule has 1 aromatic carbocycles. The number of benzene rings is 1. The number of aryl methyl sites for hydroxylation is 1. The normalized spacial score (nSPS) is 15.0. The van der Waals surface area contributed by atoms with Gasteiger partial charge in [-0.2, -0.15) is 23.1 Å². The smallest absolute Gasteiger partial charge is 0.416 e. The van der Waals surface area contributed by atoms with Gasteiger partial charge in [0, 0.05) is 37.9 Å². The average Bonchev–Trinajstić information content (AvgIpc) is 2.61. The van der Waals surface area contributed by atoms with E-state index in [0.717, 1.165) is 25.2 Å². The molecular weight excluding hydrogens is 349 g/mol. The largest absolute Gasteiger partial charge is 0.481 e. The first-order chi connectivity index (χ1) is 12.4. The van der Waals surface area contributed by atoms with Crippen LogP contribution in [0.25, 0.3) is 0 Å². The van der Waals surface area contributed by atoms with Crippen LogP contribution < -0.4 is 19.7 Å². The fraction of sp³-hybridized carbons (Fsp3) is 0.412. The van der Waals surface area contributed by atoms with Crippen LogP contribution in [-0.2, 0) is 6.18 Å². The van der Waals surface area contributed by atoms with Crippen molar-refractivity contribution in [2.75, 3.05) is 38.2 Å². The molecule has 2 aromatic rings. The summed E-state index contributed by atoms with van der Waals surface area (Å²) in [5.74, 6) is 0.345. The zero-order chi connectivity index (χ0) is 18.7. The number of methoxy groups -OCH3 is 1. The molecule has 1 aromatic heterocycles. The Bertz CT molecular complexity index is 777. The van der Waals surface area contributed by atoms with Crippen molar-refractivity contribution in [2.24, 2.45) is 0 Å². The molecule has 140 valence electrons. The third-order valence-electron chi connectivity index (χ3n) is 3.97. The third kappa shape index (κ3) is 4.16. The van der Waals surface area contributed by atoms with Crippen molar-refractivity contribution >= 4 is 5.69 Å². The zero-order valence-electron chi connectivity index (χ0n) is 14.4. The molecule has 0 saturated carbocycles. The lowest BCUT2D eigenvalue weighted by Crippen LogP contribution is -2.43. The van der Waals surface area contributed by atoms with E-state index < -0.39 is 11.7 Å². The molecular formula is C17H19F3N4O2. The zero-order valence-corrected chi connectivity index (χ0v) is 14.4. The van der Waals surface area contributed by atoms with Crippen LogP contribution in [0.1, 0.15) is 11.3 Å². The van der Waals surface area contributed by atoms with Crippen LogP contribution in [-0.4, -0.2) is 43.3 Å². The molecule has 0 bridgehead atoms. The second-order valence-corrected chi connectivity index (χ2v) is 5.85. The molecule has 1 aliphatic rings. The Morgan fingerprint density at radius 2 is 1.85 bits per heavy atom. The van der Waals surface area contributed by atoms with E-state index in [4.69, 9.17) is 9.47 Å². The minimum Gasteiger partial charge on any atom is -0.481 e. The van der Waals surface area contributed by atoms with Gasteiger partial charge in [-0.1, -0.05) is 0 Å². The van der Waals surface area contributed by atoms with E-state index in [1.807, 2.05) is 4.90 Å². The molecule has 0 aliphatic carbocycles. The van der Waals surface area contributed by atoms with Crippen LogP contribution in [0.2, 0.25) is 0 Å². The predicted octanol–water partition coefficient (Wildman–Crippen LogP) is 3.01. The summed E-state index contributed by atoms with van der Waals surface area (Å²) in [5.41, 5.74) is 0.372. The molecule has 26 heavy (non-hydrogen) atoms. The van der Waals surface area contributed by atoms with Gasteiger partial charge in [-0.3, -0.25) is 0 Å². The Kier molecular flexibility index (Phi) is 5.17. The maximum Gasteiger partial charge on any atom is 0.416 e. The van der Waals surface area contributed by atoms with Gasteiger partial charge in [0.25, 0.3) is 0 Å². The Balaban J connectivity index is 2.00. The fourth-order valence-corrected chi connectivity index (χ4v) is 2.70. The monoisotopic (exact) mass is 368 g/mol. The number of ether oxygens (including phenoxy) is 2. The number of halogens is 3. The van der Waals surface area contributed by atoms with Crippen molar-refractivity contribution in [3.63, 3.8) is 0 Å². The van der Waals surface area contributed by atoms with Gasteiger partial charge >= 0.3 is 12.2 Å². The lowest BCUT2D eigenvalue weighted by molar-refractivity contribution is -0.137. The van der Waals surface area contributed by atoms with Gasteiger partial charge in [-0.25, -0.2) is 0 Å². The van der Waals surface area contributed by atoms with Gasteiger partial charge in [0.15, 0.2) is 5.75 Å². The Hall–Kier alpha value is -2.55. The third-order valence-corrected chi connectivity index (χ3v) is 3.97. The SMILES string of the molecule is COc1cc(C)nc(Oc2cc(C(F)(F)F)ccc2N2CCNCC2)n1. The van der Waals surface area contributed by atoms with Crippen LogP contribution in [0.15, 0.2) is 24.3 Å². The van der Waals surface area contributed by atoms with Crippen molar-refractivity contribution < 1.29 is 22.6 Å². The lowest BCUT2D eigenvalue weighted by atomic mass is 10.1. The van der Waals surface area contributed by atoms with E-state index in [1.54, 1.807) is 13.0 Å². The van der Waals surface area contributed by atoms with Gasteiger partial charge in [-0.15, -0.1) is 0 Å². The van der Waals surface area contributed by atoms with Crippen LogP contribution >= 0.6 is 0 Å². The van der Waals surface area contributed by atoms with Crippen molar-refractivity contribution in [1.82, 2.24) is 15.3 Å². The first-order valence-electron chi connectivity index (χ1n) is 8.11. The van der Waals surface area contributed by atoms with Crippen molar-refractivity contribution in [3.8, 4) is 17.6 Å². The number of rotatable bonds is 4. The number of aromatic nitrogens is 2. The summed E-state index contributed by atoms with van der Waals surface area (Å²) in [4.78, 5) is 10.2. The number of piperazine rings is 1. The number of nitrogens with one attached hydrogen (secondary N) is 1. The van der Waals surface area contributed by atoms with Crippen LogP contribution in [0, 0.1) is 6.92 Å². The first-order valence-corrected chi connectivity index (χ1v) is 8.11. The highest BCUT2D eigenvalue weighted by Gasteiger charge is 2.32. The molecule has 6 nitrogen and oxygen atoms in total. The highest BCUT2D eigenvalue weighted by molar-refractivity contribution is 5.61. The number of alkyl halides is 3. The average molecular weight is 368 g/mol. The van der Waals surface area contributed by atoms with Gasteiger partial charge in [-0.05, 0) is 25.1 Å². The fourth-order valence-electron chi connectivity index (χ4n) is 2.70. The van der Waals surface area contributed by atoms with Gasteiger partial charge < -0.3 is 19.7 Å². The van der Waals surface area contributed by atoms with Gasteiger partial charge in [0.1, 0.15) is 0 Å². The standard InChI is InChI=1S/C17H19F3N4O2/c1-11-9-15(25-2)23-16(22-11)26-14-10-12(17(18,19)20)3-4-13(14)24-7-5-21-6-8-24/h3-4,9-10,21H,5-8H2,1-2H3. The second kappa shape index (κ2) is 7.36. The van der Waals surface area contributed by atoms with E-state index in [1.165, 1.54) is 13.2 Å². The summed E-state index contributed by atoms with van der Waals surface area (Å²) in [7, 11) is 1.45. The maximum absolute atomic E-state index is 13.1. The quantitative estimate of drug-likeness (QED) is 0.895. The van der Waals surface area contributed by atoms with E-state index in [0.29, 0.717) is 24.5 Å². The van der Waals surface area contributed by atoms with Gasteiger partial charge in [0.2, 0.25) is 5.88 Å². The summed E-state index contributed by atoms with van der Waals surface area (Å²) >= 11 is 0. The molecule has 1 fully saturated rings. The Labute approximate surface area is 149 Å². The molecule has 0 spiro atoms. The Morgan fingerprint density at radius 1 is 1.12 bits per heavy atom. The number of anilines is 1. The van der Waals surface area contributed by atoms with Crippen LogP contribution in [0.4, 0.5) is 18.9 Å². The van der Waals surface area contributed by atoms with Crippen molar-refractivity contribution in [1.29, 1.82) is 0 Å². The van der Waals surface area contributed by atoms with Crippen molar-refractivity contribution in [3.05, 3.63) is 35.5 Å². The number of nitrogens with zero attached hydrogens (tertiary/aromatic N) is 3. The van der Waals surface area contributed by atoms with E-state index in [9.17, 15) is 13.2 Å². The van der Waals surface area contributed by atoms with Gasteiger partial charge in [0.05, 0.1) is 18.4 Å². The Morgan fingerprint density at radius 3 is 2.50 bits per heavy atom. The molecule has 1 aliphatic heterocycles. The molecule has 2 heterocycles. The summed E-state index contributed by atoms with van der Waals surface area (Å²) in [6.07, 6.45) is -4.47. The number of hydrogen-bond acceptors (Lipinski definition) is 6. The predicted molar refractivity (Wildman–Crippen MR) is 89.9 cm³/mol. The van der Waals surface area contributed by atoms with E-state index in [-0.39, 0.29) is 17.6 Å². The van der Waals surface area contributed by atoms with Crippen LogP contribution in [0.3, 0.4) is 0 Å². The van der Waals surface area contributed by atoms with Crippen LogP contribution in [0.5, 0.6) is 17.6 Å². The van der Waals surface area contributed by atoms with E-state index >= 15 is 0 Å². The molecule has 3 rings (SSSR count). The molecule has 0 amide bonds. The molecule has 1 saturated heterocycles. The molecule has 9 heteroatoms. The number of hydrogen-bond donors (Lipinski definition) is 1. The maximum atomic E-state index is 13.1. The molecule has 0 radical (unpaired) electrons. The minimum absolute atomic E-state index is 0.0578. The highest BCUT2D eigenvalue weighted by Crippen LogP contribution is 2.38. The summed E-state index contributed by atoms with van der Waals surface area (Å²) in [6.45, 7) is 4.55. The summed E-state index contributed by atoms with van der Waals surface area (Å²) in [5, 5.41) is 3.21.